The van der Waals surface area contributed by atoms with Crippen molar-refractivity contribution in [2.24, 2.45) is 0 Å². The van der Waals surface area contributed by atoms with E-state index >= 15 is 0 Å². The molecule has 1 saturated heterocycles. The largest absolute Gasteiger partial charge is 0.360 e. The van der Waals surface area contributed by atoms with Gasteiger partial charge in [0.1, 0.15) is 0 Å². The van der Waals surface area contributed by atoms with Gasteiger partial charge in [-0.1, -0.05) is 30.3 Å². The lowest BCUT2D eigenvalue weighted by molar-refractivity contribution is -0.880. The smallest absolute Gasteiger partial charge is 0.228 e. The number of piperazine rings is 1. The molecule has 2 aromatic carbocycles. The summed E-state index contributed by atoms with van der Waals surface area (Å²) in [5.41, 5.74) is 4.30. The predicted octanol–water partition coefficient (Wildman–Crippen LogP) is 1.51. The van der Waals surface area contributed by atoms with Gasteiger partial charge in [0.2, 0.25) is 5.91 Å². The molecule has 2 aromatic rings. The third-order valence-electron chi connectivity index (χ3n) is 4.67. The van der Waals surface area contributed by atoms with Gasteiger partial charge in [0.15, 0.2) is 0 Å². The molecule has 0 aromatic heterocycles. The first-order valence-corrected chi connectivity index (χ1v) is 8.62. The molecule has 3 rings (SSSR count). The summed E-state index contributed by atoms with van der Waals surface area (Å²) in [7, 11) is 2.24. The lowest BCUT2D eigenvalue weighted by atomic mass is 10.1. The van der Waals surface area contributed by atoms with Crippen LogP contribution in [0.3, 0.4) is 0 Å². The second kappa shape index (κ2) is 7.49. The van der Waals surface area contributed by atoms with E-state index in [4.69, 9.17) is 0 Å². The van der Waals surface area contributed by atoms with Crippen LogP contribution in [0, 0.1) is 6.92 Å². The Bertz CT molecular complexity index is 691. The molecular weight excluding hydrogens is 298 g/mol. The molecule has 1 amide bonds. The molecule has 0 unspecified atom stereocenters. The quantitative estimate of drug-likeness (QED) is 0.894. The Morgan fingerprint density at radius 2 is 1.83 bits per heavy atom. The molecule has 0 bridgehead atoms. The fourth-order valence-corrected chi connectivity index (χ4v) is 3.11. The van der Waals surface area contributed by atoms with E-state index in [9.17, 15) is 4.79 Å². The molecule has 1 aliphatic rings. The van der Waals surface area contributed by atoms with Crippen LogP contribution in [0.1, 0.15) is 11.1 Å². The highest BCUT2D eigenvalue weighted by Gasteiger charge is 2.17. The number of likely N-dealkylation sites (N-methyl/N-ethyl adjacent to an activating group) is 1. The van der Waals surface area contributed by atoms with Gasteiger partial charge in [-0.15, -0.1) is 0 Å². The molecule has 0 radical (unpaired) electrons. The maximum atomic E-state index is 12.2. The average molecular weight is 324 g/mol. The molecule has 4 nitrogen and oxygen atoms in total. The van der Waals surface area contributed by atoms with Gasteiger partial charge < -0.3 is 15.1 Å². The Morgan fingerprint density at radius 3 is 2.50 bits per heavy atom. The molecule has 0 saturated carbocycles. The SMILES string of the molecule is Cc1cc(N2CC[NH+](C)CC2)ccc1NC(=O)Cc1ccccc1. The zero-order valence-electron chi connectivity index (χ0n) is 14.5. The molecule has 1 fully saturated rings. The van der Waals surface area contributed by atoms with Crippen LogP contribution in [0.2, 0.25) is 0 Å². The second-order valence-electron chi connectivity index (χ2n) is 6.65. The van der Waals surface area contributed by atoms with Crippen LogP contribution in [-0.2, 0) is 11.2 Å². The van der Waals surface area contributed by atoms with Crippen LogP contribution in [0.15, 0.2) is 48.5 Å². The number of benzene rings is 2. The Kier molecular flexibility index (Phi) is 5.16. The number of amides is 1. The molecular formula is C20H26N3O+. The highest BCUT2D eigenvalue weighted by atomic mass is 16.1. The summed E-state index contributed by atoms with van der Waals surface area (Å²) in [5.74, 6) is 0.0280. The van der Waals surface area contributed by atoms with Gasteiger partial charge in [-0.05, 0) is 36.2 Å². The fourth-order valence-electron chi connectivity index (χ4n) is 3.11. The maximum Gasteiger partial charge on any atom is 0.228 e. The normalized spacial score (nSPS) is 15.3. The van der Waals surface area contributed by atoms with Crippen molar-refractivity contribution in [3.63, 3.8) is 0 Å². The highest BCUT2D eigenvalue weighted by molar-refractivity contribution is 5.93. The van der Waals surface area contributed by atoms with Gasteiger partial charge in [-0.25, -0.2) is 0 Å². The van der Waals surface area contributed by atoms with Crippen LogP contribution in [0.25, 0.3) is 0 Å². The highest BCUT2D eigenvalue weighted by Crippen LogP contribution is 2.23. The zero-order chi connectivity index (χ0) is 16.9. The number of nitrogens with zero attached hydrogens (tertiary/aromatic N) is 1. The second-order valence-corrected chi connectivity index (χ2v) is 6.65. The van der Waals surface area contributed by atoms with E-state index in [1.54, 1.807) is 4.90 Å². The van der Waals surface area contributed by atoms with E-state index < -0.39 is 0 Å². The third kappa shape index (κ3) is 4.15. The van der Waals surface area contributed by atoms with E-state index in [1.807, 2.05) is 36.4 Å². The topological polar surface area (TPSA) is 36.8 Å². The molecule has 0 aliphatic carbocycles. The number of hydrogen-bond donors (Lipinski definition) is 2. The molecule has 1 heterocycles. The van der Waals surface area contributed by atoms with Crippen LogP contribution in [0.5, 0.6) is 0 Å². The number of anilines is 2. The predicted molar refractivity (Wildman–Crippen MR) is 98.8 cm³/mol. The molecule has 24 heavy (non-hydrogen) atoms. The maximum absolute atomic E-state index is 12.2. The van der Waals surface area contributed by atoms with Crippen LogP contribution in [-0.4, -0.2) is 39.1 Å². The summed E-state index contributed by atoms with van der Waals surface area (Å²) < 4.78 is 0. The van der Waals surface area contributed by atoms with E-state index in [0.717, 1.165) is 29.9 Å². The first kappa shape index (κ1) is 16.5. The standard InChI is InChI=1S/C20H25N3O/c1-16-14-18(23-12-10-22(2)11-13-23)8-9-19(16)21-20(24)15-17-6-4-3-5-7-17/h3-9,14H,10-13,15H2,1-2H3,(H,21,24)/p+1. The van der Waals surface area contributed by atoms with E-state index in [-0.39, 0.29) is 5.91 Å². The first-order valence-electron chi connectivity index (χ1n) is 8.62. The third-order valence-corrected chi connectivity index (χ3v) is 4.67. The fraction of sp³-hybridized carbons (Fsp3) is 0.350. The number of quaternary nitrogens is 1. The molecule has 4 heteroatoms. The summed E-state index contributed by atoms with van der Waals surface area (Å²) >= 11 is 0. The minimum Gasteiger partial charge on any atom is -0.360 e. The summed E-state index contributed by atoms with van der Waals surface area (Å²) in [4.78, 5) is 16.2. The molecule has 0 atom stereocenters. The van der Waals surface area contributed by atoms with E-state index in [2.05, 4.69) is 36.3 Å². The van der Waals surface area contributed by atoms with Crippen molar-refractivity contribution in [3.05, 3.63) is 59.7 Å². The number of carbonyl (C=O) groups is 1. The Morgan fingerprint density at radius 1 is 1.12 bits per heavy atom. The van der Waals surface area contributed by atoms with Gasteiger partial charge in [-0.2, -0.15) is 0 Å². The summed E-state index contributed by atoms with van der Waals surface area (Å²) in [6.07, 6.45) is 0.406. The Hall–Kier alpha value is -2.33. The minimum absolute atomic E-state index is 0.0280. The van der Waals surface area contributed by atoms with E-state index in [1.165, 1.54) is 18.8 Å². The van der Waals surface area contributed by atoms with Crippen LogP contribution in [0.4, 0.5) is 11.4 Å². The monoisotopic (exact) mass is 324 g/mol. The number of aryl methyl sites for hydroxylation is 1. The molecule has 0 spiro atoms. The Labute approximate surface area is 144 Å². The first-order chi connectivity index (χ1) is 11.6. The summed E-state index contributed by atoms with van der Waals surface area (Å²) in [6, 6.07) is 16.2. The minimum atomic E-state index is 0.0280. The van der Waals surface area contributed by atoms with Crippen molar-refractivity contribution < 1.29 is 9.69 Å². The van der Waals surface area contributed by atoms with Gasteiger partial charge in [0.05, 0.1) is 39.6 Å². The van der Waals surface area contributed by atoms with Gasteiger partial charge in [0, 0.05) is 11.4 Å². The average Bonchev–Trinajstić information content (AvgIpc) is 2.58. The number of hydrogen-bond acceptors (Lipinski definition) is 2. The van der Waals surface area contributed by atoms with Crippen molar-refractivity contribution in [3.8, 4) is 0 Å². The summed E-state index contributed by atoms with van der Waals surface area (Å²) in [5, 5.41) is 3.03. The van der Waals surface area contributed by atoms with Crippen LogP contribution >= 0.6 is 0 Å². The van der Waals surface area contributed by atoms with Gasteiger partial charge >= 0.3 is 0 Å². The van der Waals surface area contributed by atoms with Crippen molar-refractivity contribution in [2.45, 2.75) is 13.3 Å². The molecule has 126 valence electrons. The number of carbonyl (C=O) groups excluding carboxylic acids is 1. The Balaban J connectivity index is 1.63. The summed E-state index contributed by atoms with van der Waals surface area (Å²) in [6.45, 7) is 6.59. The van der Waals surface area contributed by atoms with Crippen molar-refractivity contribution in [1.29, 1.82) is 0 Å². The van der Waals surface area contributed by atoms with Crippen molar-refractivity contribution in [1.82, 2.24) is 0 Å². The molecule has 2 N–H and O–H groups in total. The zero-order valence-corrected chi connectivity index (χ0v) is 14.5. The number of rotatable bonds is 4. The molecule has 1 aliphatic heterocycles. The lowest BCUT2D eigenvalue weighted by Gasteiger charge is -2.32. The number of nitrogens with one attached hydrogen (secondary N) is 2. The lowest BCUT2D eigenvalue weighted by Crippen LogP contribution is -3.12. The van der Waals surface area contributed by atoms with Crippen molar-refractivity contribution in [2.75, 3.05) is 43.4 Å². The van der Waals surface area contributed by atoms with Crippen molar-refractivity contribution >= 4 is 17.3 Å². The van der Waals surface area contributed by atoms with Crippen LogP contribution < -0.4 is 15.1 Å². The van der Waals surface area contributed by atoms with Gasteiger partial charge in [-0.3, -0.25) is 4.79 Å². The van der Waals surface area contributed by atoms with Gasteiger partial charge in [0.25, 0.3) is 0 Å². The van der Waals surface area contributed by atoms with E-state index in [0.29, 0.717) is 6.42 Å².